The number of anilines is 1. The summed E-state index contributed by atoms with van der Waals surface area (Å²) in [6.07, 6.45) is 7.13. The summed E-state index contributed by atoms with van der Waals surface area (Å²) < 4.78 is 2.05. The molecular weight excluding hydrogens is 416 g/mol. The molecule has 0 saturated carbocycles. The summed E-state index contributed by atoms with van der Waals surface area (Å²) in [7, 11) is 0. The molecule has 0 bridgehead atoms. The van der Waals surface area contributed by atoms with Gasteiger partial charge in [-0.2, -0.15) is 0 Å². The van der Waals surface area contributed by atoms with E-state index in [-0.39, 0.29) is 17.9 Å². The SMILES string of the molecule is CC(=O)N1CCCC1c1nc(-c2ccc(C(=O)Nc3ccccn3)cc2)c2c(C)nccn12. The highest BCUT2D eigenvalue weighted by Crippen LogP contribution is 2.35. The Kier molecular flexibility index (Phi) is 5.34. The number of nitrogens with one attached hydrogen (secondary N) is 1. The molecule has 4 aromatic rings. The second-order valence-corrected chi connectivity index (χ2v) is 8.17. The van der Waals surface area contributed by atoms with Crippen molar-refractivity contribution in [2.45, 2.75) is 32.7 Å². The van der Waals surface area contributed by atoms with Gasteiger partial charge in [-0.15, -0.1) is 0 Å². The first-order valence-electron chi connectivity index (χ1n) is 11.0. The third-order valence-electron chi connectivity index (χ3n) is 6.05. The molecule has 1 aliphatic heterocycles. The first-order valence-corrected chi connectivity index (χ1v) is 11.0. The molecule has 0 radical (unpaired) electrons. The molecule has 33 heavy (non-hydrogen) atoms. The molecule has 1 atom stereocenters. The van der Waals surface area contributed by atoms with Crippen molar-refractivity contribution in [3.8, 4) is 11.3 Å². The Bertz CT molecular complexity index is 1330. The highest BCUT2D eigenvalue weighted by atomic mass is 16.2. The largest absolute Gasteiger partial charge is 0.333 e. The summed E-state index contributed by atoms with van der Waals surface area (Å²) in [5.74, 6) is 1.18. The average molecular weight is 441 g/mol. The minimum atomic E-state index is -0.225. The minimum Gasteiger partial charge on any atom is -0.333 e. The third-order valence-corrected chi connectivity index (χ3v) is 6.05. The number of imidazole rings is 1. The van der Waals surface area contributed by atoms with E-state index in [2.05, 4.69) is 15.3 Å². The van der Waals surface area contributed by atoms with Gasteiger partial charge in [0.25, 0.3) is 5.91 Å². The molecule has 8 nitrogen and oxygen atoms in total. The number of pyridine rings is 1. The van der Waals surface area contributed by atoms with Crippen molar-refractivity contribution in [3.63, 3.8) is 0 Å². The van der Waals surface area contributed by atoms with Crippen LogP contribution in [-0.2, 0) is 4.79 Å². The number of likely N-dealkylation sites (tertiary alicyclic amines) is 1. The molecule has 8 heteroatoms. The summed E-state index contributed by atoms with van der Waals surface area (Å²) in [5, 5.41) is 2.80. The zero-order valence-electron chi connectivity index (χ0n) is 18.5. The van der Waals surface area contributed by atoms with Crippen LogP contribution in [0.25, 0.3) is 16.8 Å². The summed E-state index contributed by atoms with van der Waals surface area (Å²) in [5.41, 5.74) is 3.98. The molecule has 0 spiro atoms. The van der Waals surface area contributed by atoms with Crippen LogP contribution in [0.4, 0.5) is 5.82 Å². The van der Waals surface area contributed by atoms with Gasteiger partial charge in [-0.3, -0.25) is 19.0 Å². The van der Waals surface area contributed by atoms with Crippen LogP contribution in [0, 0.1) is 6.92 Å². The molecule has 1 N–H and O–H groups in total. The molecular formula is C25H24N6O2. The highest BCUT2D eigenvalue weighted by molar-refractivity contribution is 6.04. The van der Waals surface area contributed by atoms with E-state index >= 15 is 0 Å². The molecule has 166 valence electrons. The van der Waals surface area contributed by atoms with Crippen molar-refractivity contribution in [3.05, 3.63) is 78.1 Å². The topological polar surface area (TPSA) is 92.5 Å². The second kappa shape index (κ2) is 8.46. The Labute approximate surface area is 191 Å². The lowest BCUT2D eigenvalue weighted by atomic mass is 10.1. The summed E-state index contributed by atoms with van der Waals surface area (Å²) in [6.45, 7) is 4.31. The quantitative estimate of drug-likeness (QED) is 0.517. The smallest absolute Gasteiger partial charge is 0.256 e. The van der Waals surface area contributed by atoms with E-state index < -0.39 is 0 Å². The van der Waals surface area contributed by atoms with Gasteiger partial charge >= 0.3 is 0 Å². The van der Waals surface area contributed by atoms with Crippen molar-refractivity contribution in [2.75, 3.05) is 11.9 Å². The van der Waals surface area contributed by atoms with Crippen molar-refractivity contribution < 1.29 is 9.59 Å². The molecule has 1 aromatic carbocycles. The lowest BCUT2D eigenvalue weighted by molar-refractivity contribution is -0.129. The Hall–Kier alpha value is -4.07. The van der Waals surface area contributed by atoms with Crippen LogP contribution in [0.3, 0.4) is 0 Å². The van der Waals surface area contributed by atoms with Gasteiger partial charge in [0, 0.05) is 43.2 Å². The van der Waals surface area contributed by atoms with Crippen LogP contribution in [0.1, 0.15) is 47.7 Å². The molecule has 1 aliphatic rings. The predicted molar refractivity (Wildman–Crippen MR) is 125 cm³/mol. The van der Waals surface area contributed by atoms with Crippen molar-refractivity contribution >= 4 is 23.1 Å². The normalized spacial score (nSPS) is 15.7. The molecule has 1 fully saturated rings. The number of amides is 2. The summed E-state index contributed by atoms with van der Waals surface area (Å²) in [4.78, 5) is 40.2. The molecule has 1 unspecified atom stereocenters. The molecule has 0 aliphatic carbocycles. The van der Waals surface area contributed by atoms with Gasteiger partial charge in [-0.25, -0.2) is 9.97 Å². The first kappa shape index (κ1) is 20.8. The second-order valence-electron chi connectivity index (χ2n) is 8.17. The van der Waals surface area contributed by atoms with E-state index in [1.54, 1.807) is 43.6 Å². The lowest BCUT2D eigenvalue weighted by Crippen LogP contribution is -2.29. The van der Waals surface area contributed by atoms with Crippen LogP contribution in [0.15, 0.2) is 61.1 Å². The fraction of sp³-hybridized carbons (Fsp3) is 0.240. The zero-order valence-corrected chi connectivity index (χ0v) is 18.5. The van der Waals surface area contributed by atoms with Crippen molar-refractivity contribution in [1.29, 1.82) is 0 Å². The van der Waals surface area contributed by atoms with Gasteiger partial charge in [-0.1, -0.05) is 18.2 Å². The van der Waals surface area contributed by atoms with Gasteiger partial charge in [0.15, 0.2) is 0 Å². The van der Waals surface area contributed by atoms with Gasteiger partial charge in [0.1, 0.15) is 11.6 Å². The van der Waals surface area contributed by atoms with Crippen LogP contribution in [-0.4, -0.2) is 42.6 Å². The van der Waals surface area contributed by atoms with Crippen molar-refractivity contribution in [2.24, 2.45) is 0 Å². The average Bonchev–Trinajstić information content (AvgIpc) is 3.45. The van der Waals surface area contributed by atoms with E-state index in [4.69, 9.17) is 4.98 Å². The number of carbonyl (C=O) groups excluding carboxylic acids is 2. The van der Waals surface area contributed by atoms with Crippen molar-refractivity contribution in [1.82, 2.24) is 24.3 Å². The van der Waals surface area contributed by atoms with E-state index in [1.165, 1.54) is 0 Å². The summed E-state index contributed by atoms with van der Waals surface area (Å²) in [6, 6.07) is 12.6. The van der Waals surface area contributed by atoms with Crippen LogP contribution in [0.5, 0.6) is 0 Å². The van der Waals surface area contributed by atoms with E-state index in [9.17, 15) is 9.59 Å². The fourth-order valence-corrected chi connectivity index (χ4v) is 4.47. The maximum Gasteiger partial charge on any atom is 0.256 e. The number of hydrogen-bond donors (Lipinski definition) is 1. The first-order chi connectivity index (χ1) is 16.0. The highest BCUT2D eigenvalue weighted by Gasteiger charge is 2.32. The number of fused-ring (bicyclic) bond motifs is 1. The fourth-order valence-electron chi connectivity index (χ4n) is 4.47. The number of aromatic nitrogens is 4. The number of rotatable bonds is 4. The molecule has 2 amide bonds. The maximum atomic E-state index is 12.6. The Balaban J connectivity index is 1.51. The monoisotopic (exact) mass is 440 g/mol. The Morgan fingerprint density at radius 1 is 1.06 bits per heavy atom. The van der Waals surface area contributed by atoms with Gasteiger partial charge < -0.3 is 10.2 Å². The number of benzene rings is 1. The van der Waals surface area contributed by atoms with Crippen LogP contribution in [0.2, 0.25) is 0 Å². The number of aryl methyl sites for hydroxylation is 1. The van der Waals surface area contributed by atoms with Gasteiger partial charge in [0.2, 0.25) is 5.91 Å². The number of hydrogen-bond acceptors (Lipinski definition) is 5. The summed E-state index contributed by atoms with van der Waals surface area (Å²) >= 11 is 0. The van der Waals surface area contributed by atoms with Gasteiger partial charge in [-0.05, 0) is 44.0 Å². The minimum absolute atomic E-state index is 0.0600. The molecule has 5 rings (SSSR count). The number of carbonyl (C=O) groups is 2. The lowest BCUT2D eigenvalue weighted by Gasteiger charge is -2.22. The number of nitrogens with zero attached hydrogens (tertiary/aromatic N) is 5. The van der Waals surface area contributed by atoms with Crippen LogP contribution < -0.4 is 5.32 Å². The standard InChI is InChI=1S/C25H24N6O2/c1-16-23-22(18-8-10-19(11-9-18)25(33)28-21-7-3-4-12-27-21)29-24(31(23)15-13-26-16)20-6-5-14-30(20)17(2)32/h3-4,7-13,15,20H,5-6,14H2,1-2H3,(H,27,28,33). The molecule has 1 saturated heterocycles. The van der Waals surface area contributed by atoms with Gasteiger partial charge in [0.05, 0.1) is 22.9 Å². The Morgan fingerprint density at radius 2 is 1.88 bits per heavy atom. The molecule has 4 heterocycles. The van der Waals surface area contributed by atoms with Crippen LogP contribution >= 0.6 is 0 Å². The predicted octanol–water partition coefficient (Wildman–Crippen LogP) is 4.04. The third kappa shape index (κ3) is 3.84. The van der Waals surface area contributed by atoms with E-state index in [0.717, 1.165) is 47.7 Å². The van der Waals surface area contributed by atoms with E-state index in [1.807, 2.05) is 40.6 Å². The Morgan fingerprint density at radius 3 is 2.61 bits per heavy atom. The van der Waals surface area contributed by atoms with E-state index in [0.29, 0.717) is 11.4 Å². The maximum absolute atomic E-state index is 12.6. The zero-order chi connectivity index (χ0) is 22.9. The molecule has 3 aromatic heterocycles.